The lowest BCUT2D eigenvalue weighted by Crippen LogP contribution is -2.34. The van der Waals surface area contributed by atoms with E-state index in [1.165, 1.54) is 48.1 Å². The summed E-state index contributed by atoms with van der Waals surface area (Å²) in [5.74, 6) is 3.45. The molecule has 0 radical (unpaired) electrons. The van der Waals surface area contributed by atoms with Crippen molar-refractivity contribution in [1.82, 2.24) is 0 Å². The minimum Gasteiger partial charge on any atom is -0.507 e. The Morgan fingerprint density at radius 3 is 2.73 bits per heavy atom. The third kappa shape index (κ3) is 3.78. The molecular weight excluding hydrogens is 340 g/mol. The molecule has 0 spiro atoms. The average Bonchev–Trinajstić information content (AvgIpc) is 2.60. The van der Waals surface area contributed by atoms with E-state index in [4.69, 9.17) is 4.74 Å². The summed E-state index contributed by atoms with van der Waals surface area (Å²) in [4.78, 5) is 1.31. The molecule has 26 heavy (non-hydrogen) atoms. The second kappa shape index (κ2) is 7.88. The van der Waals surface area contributed by atoms with E-state index in [9.17, 15) is 5.11 Å². The Morgan fingerprint density at radius 1 is 1.23 bits per heavy atom. The maximum Gasteiger partial charge on any atom is 0.134 e. The lowest BCUT2D eigenvalue weighted by atomic mass is 9.83. The van der Waals surface area contributed by atoms with Gasteiger partial charge in [-0.1, -0.05) is 46.5 Å². The summed E-state index contributed by atoms with van der Waals surface area (Å²) in [6.45, 7) is 11.2. The fraction of sp³-hybridized carbons (Fsp3) is 0.652. The van der Waals surface area contributed by atoms with Gasteiger partial charge in [-0.2, -0.15) is 0 Å². The molecule has 2 nitrogen and oxygen atoms in total. The Morgan fingerprint density at radius 2 is 2.00 bits per heavy atom. The molecular formula is C23H34O2S. The van der Waals surface area contributed by atoms with Crippen LogP contribution in [0.1, 0.15) is 90.2 Å². The van der Waals surface area contributed by atoms with Gasteiger partial charge in [-0.25, -0.2) is 0 Å². The van der Waals surface area contributed by atoms with Crippen LogP contribution in [-0.2, 0) is 0 Å². The largest absolute Gasteiger partial charge is 0.507 e. The molecule has 3 heteroatoms. The first-order chi connectivity index (χ1) is 12.3. The number of phenolic OH excluding ortho intramolecular Hbond substituents is 1. The monoisotopic (exact) mass is 374 g/mol. The lowest BCUT2D eigenvalue weighted by molar-refractivity contribution is 0.152. The zero-order valence-electron chi connectivity index (χ0n) is 17.0. The predicted octanol–water partition coefficient (Wildman–Crippen LogP) is 7.12. The minimum atomic E-state index is -0.297. The highest BCUT2D eigenvalue weighted by atomic mass is 32.2. The number of hydrogen-bond donors (Lipinski definition) is 1. The summed E-state index contributed by atoms with van der Waals surface area (Å²) in [6.07, 6.45) is 7.31. The predicted molar refractivity (Wildman–Crippen MR) is 113 cm³/mol. The van der Waals surface area contributed by atoms with Crippen molar-refractivity contribution in [1.29, 1.82) is 0 Å². The van der Waals surface area contributed by atoms with Gasteiger partial charge in [0.05, 0.1) is 5.56 Å². The van der Waals surface area contributed by atoms with Gasteiger partial charge in [-0.05, 0) is 67.5 Å². The van der Waals surface area contributed by atoms with Crippen LogP contribution in [0.3, 0.4) is 0 Å². The van der Waals surface area contributed by atoms with Gasteiger partial charge in [0.15, 0.2) is 0 Å². The lowest BCUT2D eigenvalue weighted by Gasteiger charge is -2.39. The van der Waals surface area contributed by atoms with Crippen molar-refractivity contribution < 1.29 is 9.84 Å². The summed E-state index contributed by atoms with van der Waals surface area (Å²) >= 11 is 1.90. The fourth-order valence-electron chi connectivity index (χ4n) is 4.28. The van der Waals surface area contributed by atoms with Gasteiger partial charge >= 0.3 is 0 Å². The van der Waals surface area contributed by atoms with Crippen LogP contribution in [0, 0.1) is 5.92 Å². The van der Waals surface area contributed by atoms with Gasteiger partial charge in [0, 0.05) is 4.91 Å². The van der Waals surface area contributed by atoms with E-state index in [0.29, 0.717) is 17.6 Å². The molecule has 2 heterocycles. The maximum atomic E-state index is 10.9. The Balaban J connectivity index is 1.92. The Labute approximate surface area is 163 Å². The number of allylic oxidation sites excluding steroid dienone is 1. The van der Waals surface area contributed by atoms with E-state index in [0.717, 1.165) is 23.5 Å². The van der Waals surface area contributed by atoms with Crippen LogP contribution in [-0.4, -0.2) is 16.5 Å². The SMILES string of the molecule is CCCCC[C@@H](C)[C@@H](C)c1cc(O)c2c(c1)OC(C)(C)C1=C2CCCS1. The Hall–Kier alpha value is -1.09. The zero-order valence-corrected chi connectivity index (χ0v) is 17.8. The van der Waals surface area contributed by atoms with Crippen LogP contribution in [0.15, 0.2) is 17.0 Å². The molecule has 144 valence electrons. The highest BCUT2D eigenvalue weighted by Gasteiger charge is 2.38. The first kappa shape index (κ1) is 19.7. The maximum absolute atomic E-state index is 10.9. The second-order valence-corrected chi connectivity index (χ2v) is 9.65. The second-order valence-electron chi connectivity index (χ2n) is 8.55. The third-order valence-electron chi connectivity index (χ3n) is 6.05. The van der Waals surface area contributed by atoms with Gasteiger partial charge in [0.1, 0.15) is 17.1 Å². The van der Waals surface area contributed by atoms with Gasteiger partial charge < -0.3 is 9.84 Å². The summed E-state index contributed by atoms with van der Waals surface area (Å²) in [5, 5.41) is 10.9. The topological polar surface area (TPSA) is 29.5 Å². The number of fused-ring (bicyclic) bond motifs is 2. The summed E-state index contributed by atoms with van der Waals surface area (Å²) in [7, 11) is 0. The first-order valence-corrected chi connectivity index (χ1v) is 11.3. The van der Waals surface area contributed by atoms with E-state index in [2.05, 4.69) is 40.7 Å². The number of thioether (sulfide) groups is 1. The number of aromatic hydroxyl groups is 1. The summed E-state index contributed by atoms with van der Waals surface area (Å²) < 4.78 is 6.40. The fourth-order valence-corrected chi connectivity index (χ4v) is 5.54. The highest BCUT2D eigenvalue weighted by molar-refractivity contribution is 8.03. The number of benzene rings is 1. The molecule has 0 fully saturated rings. The van der Waals surface area contributed by atoms with Gasteiger partial charge in [-0.3, -0.25) is 0 Å². The Bertz CT molecular complexity index is 690. The van der Waals surface area contributed by atoms with Crippen LogP contribution in [0.25, 0.3) is 5.57 Å². The standard InChI is InChI=1S/C23H34O2S/c1-6-7-8-10-15(2)16(3)17-13-19(24)21-18-11-9-12-26-22(18)23(4,5)25-20(21)14-17/h13-16,24H,6-12H2,1-5H3/t15-,16-/m1/s1. The van der Waals surface area contributed by atoms with Crippen molar-refractivity contribution in [2.45, 2.75) is 84.7 Å². The molecule has 0 aliphatic carbocycles. The minimum absolute atomic E-state index is 0.297. The molecule has 1 aromatic carbocycles. The van der Waals surface area contributed by atoms with Crippen molar-refractivity contribution in [3.63, 3.8) is 0 Å². The number of ether oxygens (including phenoxy) is 1. The number of phenols is 1. The zero-order chi connectivity index (χ0) is 18.9. The average molecular weight is 375 g/mol. The van der Waals surface area contributed by atoms with Crippen LogP contribution >= 0.6 is 11.8 Å². The summed E-state index contributed by atoms with van der Waals surface area (Å²) in [6, 6.07) is 4.19. The molecule has 0 saturated heterocycles. The molecule has 0 bridgehead atoms. The normalized spacial score (nSPS) is 20.8. The highest BCUT2D eigenvalue weighted by Crippen LogP contribution is 2.53. The molecule has 0 unspecified atom stereocenters. The van der Waals surface area contributed by atoms with Crippen LogP contribution < -0.4 is 4.74 Å². The Kier molecular flexibility index (Phi) is 5.96. The van der Waals surface area contributed by atoms with E-state index in [1.54, 1.807) is 0 Å². The van der Waals surface area contributed by atoms with E-state index in [1.807, 2.05) is 17.8 Å². The van der Waals surface area contributed by atoms with Gasteiger partial charge in [0.2, 0.25) is 0 Å². The quantitative estimate of drug-likeness (QED) is 0.537. The van der Waals surface area contributed by atoms with E-state index < -0.39 is 0 Å². The number of unbranched alkanes of at least 4 members (excludes halogenated alkanes) is 2. The van der Waals surface area contributed by atoms with Crippen LogP contribution in [0.4, 0.5) is 0 Å². The van der Waals surface area contributed by atoms with Gasteiger partial charge in [0.25, 0.3) is 0 Å². The molecule has 2 atom stereocenters. The molecule has 2 aliphatic rings. The van der Waals surface area contributed by atoms with E-state index in [-0.39, 0.29) is 5.60 Å². The third-order valence-corrected chi connectivity index (χ3v) is 7.57. The molecule has 3 rings (SSSR count). The first-order valence-electron chi connectivity index (χ1n) is 10.3. The number of hydrogen-bond acceptors (Lipinski definition) is 3. The van der Waals surface area contributed by atoms with Crippen molar-refractivity contribution in [3.05, 3.63) is 28.2 Å². The molecule has 0 aromatic heterocycles. The van der Waals surface area contributed by atoms with Crippen LogP contribution in [0.2, 0.25) is 0 Å². The number of rotatable bonds is 6. The van der Waals surface area contributed by atoms with Crippen molar-refractivity contribution in [2.24, 2.45) is 5.92 Å². The summed E-state index contributed by atoms with van der Waals surface area (Å²) in [5.41, 5.74) is 3.16. The molecule has 2 aliphatic heterocycles. The molecule has 0 amide bonds. The van der Waals surface area contributed by atoms with Crippen LogP contribution in [0.5, 0.6) is 11.5 Å². The molecule has 0 saturated carbocycles. The van der Waals surface area contributed by atoms with Gasteiger partial charge in [-0.15, -0.1) is 11.8 Å². The smallest absolute Gasteiger partial charge is 0.134 e. The molecule has 1 N–H and O–H groups in total. The molecule has 1 aromatic rings. The van der Waals surface area contributed by atoms with E-state index >= 15 is 0 Å². The van der Waals surface area contributed by atoms with Crippen molar-refractivity contribution >= 4 is 17.3 Å². The van der Waals surface area contributed by atoms with Crippen molar-refractivity contribution in [3.8, 4) is 11.5 Å². The van der Waals surface area contributed by atoms with Crippen molar-refractivity contribution in [2.75, 3.05) is 5.75 Å².